The van der Waals surface area contributed by atoms with Crippen molar-refractivity contribution in [1.29, 1.82) is 0 Å². The van der Waals surface area contributed by atoms with E-state index in [4.69, 9.17) is 11.6 Å². The Hall–Kier alpha value is -1.66. The summed E-state index contributed by atoms with van der Waals surface area (Å²) in [5.74, 6) is 1.22. The summed E-state index contributed by atoms with van der Waals surface area (Å²) in [4.78, 5) is 8.24. The lowest BCUT2D eigenvalue weighted by Gasteiger charge is -2.13. The highest BCUT2D eigenvalue weighted by molar-refractivity contribution is 9.10. The monoisotopic (exact) mass is 351 g/mol. The van der Waals surface area contributed by atoms with Crippen molar-refractivity contribution in [2.45, 2.75) is 13.8 Å². The summed E-state index contributed by atoms with van der Waals surface area (Å²) in [6.07, 6.45) is 1.45. The number of hydrogen-bond donors (Lipinski definition) is 1. The van der Waals surface area contributed by atoms with E-state index < -0.39 is 0 Å². The van der Waals surface area contributed by atoms with Crippen LogP contribution in [0, 0.1) is 13.8 Å². The number of rotatable bonds is 2. The number of anilines is 2. The Morgan fingerprint density at radius 1 is 1.30 bits per heavy atom. The second kappa shape index (κ2) is 5.03. The molecule has 2 aromatic heterocycles. The molecular formula is C13H11BrClN5. The Morgan fingerprint density at radius 2 is 2.10 bits per heavy atom. The molecule has 0 saturated carbocycles. The maximum Gasteiger partial charge on any atom is 0.255 e. The molecule has 20 heavy (non-hydrogen) atoms. The van der Waals surface area contributed by atoms with Gasteiger partial charge >= 0.3 is 0 Å². The van der Waals surface area contributed by atoms with Gasteiger partial charge in [-0.15, -0.1) is 0 Å². The number of nitrogens with zero attached hydrogens (tertiary/aromatic N) is 4. The molecule has 0 saturated heterocycles. The number of halogens is 2. The standard InChI is InChI=1S/C13H11BrClN5/c1-7-3-4-10(9(14)5-7)18-12-8(2)11(15)19-13-16-6-17-20(12)13/h3-6,18H,1-2H3. The predicted octanol–water partition coefficient (Wildman–Crippen LogP) is 3.90. The predicted molar refractivity (Wildman–Crippen MR) is 82.7 cm³/mol. The average Bonchev–Trinajstić information content (AvgIpc) is 2.85. The number of hydrogen-bond acceptors (Lipinski definition) is 4. The molecule has 102 valence electrons. The van der Waals surface area contributed by atoms with Crippen molar-refractivity contribution in [2.24, 2.45) is 0 Å². The van der Waals surface area contributed by atoms with E-state index in [0.717, 1.165) is 21.5 Å². The summed E-state index contributed by atoms with van der Waals surface area (Å²) in [5.41, 5.74) is 2.92. The van der Waals surface area contributed by atoms with E-state index >= 15 is 0 Å². The van der Waals surface area contributed by atoms with Gasteiger partial charge in [-0.1, -0.05) is 17.7 Å². The second-order valence-corrected chi connectivity index (χ2v) is 5.67. The summed E-state index contributed by atoms with van der Waals surface area (Å²) < 4.78 is 2.60. The molecule has 0 radical (unpaired) electrons. The molecule has 3 rings (SSSR count). The zero-order valence-corrected chi connectivity index (χ0v) is 13.2. The van der Waals surface area contributed by atoms with Gasteiger partial charge in [0, 0.05) is 10.0 Å². The Labute approximate surface area is 129 Å². The van der Waals surface area contributed by atoms with Gasteiger partial charge in [-0.3, -0.25) is 0 Å². The van der Waals surface area contributed by atoms with Gasteiger partial charge in [-0.25, -0.2) is 0 Å². The van der Waals surface area contributed by atoms with Crippen molar-refractivity contribution in [3.8, 4) is 0 Å². The zero-order chi connectivity index (χ0) is 14.3. The van der Waals surface area contributed by atoms with Crippen molar-refractivity contribution in [3.05, 3.63) is 45.3 Å². The molecule has 0 spiro atoms. The minimum absolute atomic E-state index is 0.413. The van der Waals surface area contributed by atoms with Crippen LogP contribution in [0.15, 0.2) is 29.0 Å². The van der Waals surface area contributed by atoms with Crippen LogP contribution >= 0.6 is 27.5 Å². The molecule has 1 aromatic carbocycles. The van der Waals surface area contributed by atoms with E-state index in [-0.39, 0.29) is 0 Å². The van der Waals surface area contributed by atoms with E-state index in [9.17, 15) is 0 Å². The van der Waals surface area contributed by atoms with Gasteiger partial charge in [0.25, 0.3) is 5.78 Å². The van der Waals surface area contributed by atoms with E-state index in [2.05, 4.69) is 36.3 Å². The van der Waals surface area contributed by atoms with Gasteiger partial charge in [0.15, 0.2) is 0 Å². The molecule has 0 amide bonds. The average molecular weight is 353 g/mol. The molecule has 2 heterocycles. The summed E-state index contributed by atoms with van der Waals surface area (Å²) in [7, 11) is 0. The zero-order valence-electron chi connectivity index (χ0n) is 10.9. The Balaban J connectivity index is 2.14. The molecule has 0 aliphatic rings. The number of nitrogens with one attached hydrogen (secondary N) is 1. The topological polar surface area (TPSA) is 55.1 Å². The van der Waals surface area contributed by atoms with Crippen molar-refractivity contribution >= 4 is 44.8 Å². The van der Waals surface area contributed by atoms with Crippen molar-refractivity contribution in [1.82, 2.24) is 19.6 Å². The molecule has 5 nitrogen and oxygen atoms in total. The van der Waals surface area contributed by atoms with E-state index in [0.29, 0.717) is 10.9 Å². The second-order valence-electron chi connectivity index (χ2n) is 4.46. The highest BCUT2D eigenvalue weighted by Gasteiger charge is 2.13. The van der Waals surface area contributed by atoms with Crippen LogP contribution in [0.25, 0.3) is 5.78 Å². The SMILES string of the molecule is Cc1ccc(Nc2c(C)c(Cl)nc3ncnn23)c(Br)c1. The fraction of sp³-hybridized carbons (Fsp3) is 0.154. The minimum atomic E-state index is 0.413. The van der Waals surface area contributed by atoms with Crippen LogP contribution in [0.1, 0.15) is 11.1 Å². The van der Waals surface area contributed by atoms with Crippen LogP contribution in [-0.2, 0) is 0 Å². The molecule has 0 unspecified atom stereocenters. The van der Waals surface area contributed by atoms with Crippen LogP contribution < -0.4 is 5.32 Å². The number of benzene rings is 1. The Morgan fingerprint density at radius 3 is 2.85 bits per heavy atom. The molecular weight excluding hydrogens is 342 g/mol. The highest BCUT2D eigenvalue weighted by Crippen LogP contribution is 2.30. The normalized spacial score (nSPS) is 11.0. The van der Waals surface area contributed by atoms with E-state index in [1.807, 2.05) is 32.0 Å². The van der Waals surface area contributed by atoms with Gasteiger partial charge in [0.1, 0.15) is 17.3 Å². The highest BCUT2D eigenvalue weighted by atomic mass is 79.9. The fourth-order valence-electron chi connectivity index (χ4n) is 1.89. The lowest BCUT2D eigenvalue weighted by Crippen LogP contribution is -2.05. The van der Waals surface area contributed by atoms with Gasteiger partial charge < -0.3 is 5.32 Å². The summed E-state index contributed by atoms with van der Waals surface area (Å²) in [6, 6.07) is 6.07. The molecule has 3 aromatic rings. The molecule has 0 atom stereocenters. The molecule has 0 aliphatic carbocycles. The molecule has 0 fully saturated rings. The van der Waals surface area contributed by atoms with Crippen LogP contribution in [0.2, 0.25) is 5.15 Å². The van der Waals surface area contributed by atoms with Crippen LogP contribution in [0.3, 0.4) is 0 Å². The van der Waals surface area contributed by atoms with Gasteiger partial charge in [0.2, 0.25) is 0 Å². The van der Waals surface area contributed by atoms with E-state index in [1.165, 1.54) is 11.9 Å². The van der Waals surface area contributed by atoms with Gasteiger partial charge in [-0.2, -0.15) is 19.6 Å². The molecule has 0 bridgehead atoms. The third-order valence-corrected chi connectivity index (χ3v) is 4.01. The van der Waals surface area contributed by atoms with Crippen molar-refractivity contribution < 1.29 is 0 Å². The molecule has 1 N–H and O–H groups in total. The first kappa shape index (κ1) is 13.3. The largest absolute Gasteiger partial charge is 0.339 e. The quantitative estimate of drug-likeness (QED) is 0.711. The number of fused-ring (bicyclic) bond motifs is 1. The Kier molecular flexibility index (Phi) is 3.35. The van der Waals surface area contributed by atoms with Crippen LogP contribution in [0.4, 0.5) is 11.5 Å². The molecule has 7 heteroatoms. The summed E-state index contributed by atoms with van der Waals surface area (Å²) >= 11 is 9.68. The lowest BCUT2D eigenvalue weighted by molar-refractivity contribution is 0.936. The molecule has 0 aliphatic heterocycles. The van der Waals surface area contributed by atoms with Gasteiger partial charge in [-0.05, 0) is 47.5 Å². The van der Waals surface area contributed by atoms with Crippen LogP contribution in [0.5, 0.6) is 0 Å². The van der Waals surface area contributed by atoms with E-state index in [1.54, 1.807) is 4.52 Å². The maximum atomic E-state index is 6.14. The minimum Gasteiger partial charge on any atom is -0.339 e. The maximum absolute atomic E-state index is 6.14. The first-order valence-corrected chi connectivity index (χ1v) is 7.12. The number of aryl methyl sites for hydroxylation is 1. The number of aromatic nitrogens is 4. The lowest BCUT2D eigenvalue weighted by atomic mass is 10.2. The Bertz CT molecular complexity index is 799. The van der Waals surface area contributed by atoms with Gasteiger partial charge in [0.05, 0.1) is 5.69 Å². The first-order valence-electron chi connectivity index (χ1n) is 5.95. The smallest absolute Gasteiger partial charge is 0.255 e. The first-order chi connectivity index (χ1) is 9.56. The third-order valence-electron chi connectivity index (χ3n) is 2.98. The summed E-state index contributed by atoms with van der Waals surface area (Å²) in [6.45, 7) is 3.93. The fourth-order valence-corrected chi connectivity index (χ4v) is 2.65. The van der Waals surface area contributed by atoms with Crippen LogP contribution in [-0.4, -0.2) is 19.6 Å². The third kappa shape index (κ3) is 2.25. The summed E-state index contributed by atoms with van der Waals surface area (Å²) in [5, 5.41) is 7.91. The van der Waals surface area contributed by atoms with Crippen molar-refractivity contribution in [3.63, 3.8) is 0 Å². The van der Waals surface area contributed by atoms with Crippen molar-refractivity contribution in [2.75, 3.05) is 5.32 Å².